The maximum Gasteiger partial charge on any atom is 0.306 e. The predicted octanol–water partition coefficient (Wildman–Crippen LogP) is 2.49. The molecule has 1 unspecified atom stereocenters. The van der Waals surface area contributed by atoms with Crippen molar-refractivity contribution in [2.24, 2.45) is 5.92 Å². The number of carboxylic acids is 1. The first-order valence-electron chi connectivity index (χ1n) is 9.11. The van der Waals surface area contributed by atoms with E-state index >= 15 is 0 Å². The van der Waals surface area contributed by atoms with Gasteiger partial charge in [-0.25, -0.2) is 0 Å². The molecule has 0 bridgehead atoms. The molecule has 2 aliphatic rings. The zero-order valence-electron chi connectivity index (χ0n) is 14.5. The minimum Gasteiger partial charge on any atom is -0.481 e. The molecular formula is C20H26N2O3. The van der Waals surface area contributed by atoms with Gasteiger partial charge in [-0.2, -0.15) is 0 Å². The molecular weight excluding hydrogens is 316 g/mol. The monoisotopic (exact) mass is 342 g/mol. The number of hydrogen-bond acceptors (Lipinski definition) is 3. The van der Waals surface area contributed by atoms with Crippen molar-refractivity contribution >= 4 is 18.0 Å². The number of likely N-dealkylation sites (tertiary alicyclic amines) is 2. The van der Waals surface area contributed by atoms with Gasteiger partial charge in [-0.15, -0.1) is 0 Å². The fourth-order valence-electron chi connectivity index (χ4n) is 3.70. The lowest BCUT2D eigenvalue weighted by Crippen LogP contribution is -2.45. The van der Waals surface area contributed by atoms with Gasteiger partial charge in [0.05, 0.1) is 12.5 Å². The molecule has 0 spiro atoms. The average Bonchev–Trinajstić information content (AvgIpc) is 3.08. The zero-order valence-corrected chi connectivity index (χ0v) is 14.5. The Morgan fingerprint density at radius 3 is 2.48 bits per heavy atom. The van der Waals surface area contributed by atoms with E-state index in [1.54, 1.807) is 0 Å². The Labute approximate surface area is 148 Å². The summed E-state index contributed by atoms with van der Waals surface area (Å²) in [7, 11) is 0. The van der Waals surface area contributed by atoms with Crippen LogP contribution >= 0.6 is 0 Å². The first-order valence-corrected chi connectivity index (χ1v) is 9.11. The number of carbonyl (C=O) groups excluding carboxylic acids is 1. The van der Waals surface area contributed by atoms with Crippen molar-refractivity contribution in [1.82, 2.24) is 9.80 Å². The zero-order chi connectivity index (χ0) is 17.6. The normalized spacial score (nSPS) is 22.6. The molecule has 5 heteroatoms. The molecule has 2 saturated heterocycles. The summed E-state index contributed by atoms with van der Waals surface area (Å²) in [4.78, 5) is 27.7. The van der Waals surface area contributed by atoms with Crippen molar-refractivity contribution in [2.45, 2.75) is 31.7 Å². The van der Waals surface area contributed by atoms with Crippen molar-refractivity contribution in [1.29, 1.82) is 0 Å². The molecule has 1 amide bonds. The third-order valence-electron chi connectivity index (χ3n) is 5.26. The standard InChI is InChI=1S/C20H26N2O3/c23-19(21-13-10-17(11-14-21)20(24)25)15-22-12-4-7-18(22)9-8-16-5-2-1-3-6-16/h1-3,5-6,8-9,17-18H,4,7,10-15H2,(H,24,25)/b9-8+. The van der Waals surface area contributed by atoms with Crippen molar-refractivity contribution in [3.8, 4) is 0 Å². The number of carboxylic acid groups (broad SMARTS) is 1. The van der Waals surface area contributed by atoms with E-state index in [0.29, 0.717) is 38.5 Å². The van der Waals surface area contributed by atoms with Crippen molar-refractivity contribution < 1.29 is 14.7 Å². The molecule has 1 aromatic rings. The molecule has 1 N–H and O–H groups in total. The highest BCUT2D eigenvalue weighted by molar-refractivity contribution is 5.79. The molecule has 0 aliphatic carbocycles. The molecule has 2 fully saturated rings. The van der Waals surface area contributed by atoms with E-state index in [0.717, 1.165) is 19.4 Å². The Bertz CT molecular complexity index is 621. The summed E-state index contributed by atoms with van der Waals surface area (Å²) in [5.74, 6) is -0.904. The van der Waals surface area contributed by atoms with E-state index in [1.165, 1.54) is 5.56 Å². The molecule has 1 atom stereocenters. The maximum absolute atomic E-state index is 12.6. The second-order valence-corrected chi connectivity index (χ2v) is 6.94. The smallest absolute Gasteiger partial charge is 0.306 e. The van der Waals surface area contributed by atoms with E-state index < -0.39 is 5.97 Å². The van der Waals surface area contributed by atoms with Gasteiger partial charge in [0.1, 0.15) is 0 Å². The molecule has 25 heavy (non-hydrogen) atoms. The van der Waals surface area contributed by atoms with Crippen molar-refractivity contribution in [3.05, 3.63) is 42.0 Å². The first kappa shape index (κ1) is 17.7. The van der Waals surface area contributed by atoms with E-state index in [4.69, 9.17) is 5.11 Å². The Kier molecular flexibility index (Phi) is 5.87. The Hall–Kier alpha value is -2.14. The number of carbonyl (C=O) groups is 2. The van der Waals surface area contributed by atoms with Gasteiger partial charge in [-0.05, 0) is 37.8 Å². The van der Waals surface area contributed by atoms with Gasteiger partial charge in [-0.1, -0.05) is 42.5 Å². The third-order valence-corrected chi connectivity index (χ3v) is 5.26. The lowest BCUT2D eigenvalue weighted by molar-refractivity contribution is -0.146. The van der Waals surface area contributed by atoms with Gasteiger partial charge in [-0.3, -0.25) is 14.5 Å². The fourth-order valence-corrected chi connectivity index (χ4v) is 3.70. The summed E-state index contributed by atoms with van der Waals surface area (Å²) >= 11 is 0. The molecule has 2 heterocycles. The van der Waals surface area contributed by atoms with Gasteiger partial charge in [0, 0.05) is 19.1 Å². The van der Waals surface area contributed by atoms with Crippen LogP contribution in [0.15, 0.2) is 36.4 Å². The number of piperidine rings is 1. The highest BCUT2D eigenvalue weighted by atomic mass is 16.4. The minimum absolute atomic E-state index is 0.129. The van der Waals surface area contributed by atoms with Gasteiger partial charge in [0.2, 0.25) is 5.91 Å². The van der Waals surface area contributed by atoms with Crippen LogP contribution in [0.3, 0.4) is 0 Å². The van der Waals surface area contributed by atoms with Gasteiger partial charge in [0.15, 0.2) is 0 Å². The van der Waals surface area contributed by atoms with Crippen LogP contribution in [0.4, 0.5) is 0 Å². The molecule has 0 radical (unpaired) electrons. The number of hydrogen-bond donors (Lipinski definition) is 1. The largest absolute Gasteiger partial charge is 0.481 e. The molecule has 134 valence electrons. The van der Waals surface area contributed by atoms with E-state index in [2.05, 4.69) is 29.2 Å². The highest BCUT2D eigenvalue weighted by Gasteiger charge is 2.30. The van der Waals surface area contributed by atoms with E-state index in [1.807, 2.05) is 23.1 Å². The topological polar surface area (TPSA) is 60.9 Å². The van der Waals surface area contributed by atoms with Crippen LogP contribution in [-0.2, 0) is 9.59 Å². The molecule has 2 aliphatic heterocycles. The van der Waals surface area contributed by atoms with Gasteiger partial charge in [0.25, 0.3) is 0 Å². The number of amides is 1. The summed E-state index contributed by atoms with van der Waals surface area (Å²) in [6.45, 7) is 2.50. The molecule has 5 nitrogen and oxygen atoms in total. The number of rotatable bonds is 5. The SMILES string of the molecule is O=C(O)C1CCN(C(=O)CN2CCCC2/C=C/c2ccccc2)CC1. The highest BCUT2D eigenvalue weighted by Crippen LogP contribution is 2.21. The van der Waals surface area contributed by atoms with Crippen LogP contribution in [-0.4, -0.2) is 59.0 Å². The van der Waals surface area contributed by atoms with Crippen LogP contribution in [0.2, 0.25) is 0 Å². The summed E-state index contributed by atoms with van der Waals surface area (Å²) in [5.41, 5.74) is 1.18. The quantitative estimate of drug-likeness (QED) is 0.893. The molecule has 3 rings (SSSR count). The fraction of sp³-hybridized carbons (Fsp3) is 0.500. The van der Waals surface area contributed by atoms with Crippen LogP contribution in [0, 0.1) is 5.92 Å². The lowest BCUT2D eigenvalue weighted by atomic mass is 9.97. The van der Waals surface area contributed by atoms with Crippen molar-refractivity contribution in [2.75, 3.05) is 26.2 Å². The molecule has 0 aromatic heterocycles. The Morgan fingerprint density at radius 1 is 1.08 bits per heavy atom. The molecule has 1 aromatic carbocycles. The lowest BCUT2D eigenvalue weighted by Gasteiger charge is -2.32. The minimum atomic E-state index is -0.738. The first-order chi connectivity index (χ1) is 12.1. The predicted molar refractivity (Wildman–Crippen MR) is 97.0 cm³/mol. The van der Waals surface area contributed by atoms with Crippen LogP contribution in [0.5, 0.6) is 0 Å². The Morgan fingerprint density at radius 2 is 1.80 bits per heavy atom. The summed E-state index contributed by atoms with van der Waals surface area (Å²) in [5, 5.41) is 9.06. The number of aliphatic carboxylic acids is 1. The Balaban J connectivity index is 1.52. The van der Waals surface area contributed by atoms with E-state index in [9.17, 15) is 9.59 Å². The van der Waals surface area contributed by atoms with Crippen LogP contribution in [0.1, 0.15) is 31.2 Å². The second-order valence-electron chi connectivity index (χ2n) is 6.94. The van der Waals surface area contributed by atoms with Crippen LogP contribution < -0.4 is 0 Å². The number of nitrogens with zero attached hydrogens (tertiary/aromatic N) is 2. The van der Waals surface area contributed by atoms with Gasteiger partial charge >= 0.3 is 5.97 Å². The molecule has 0 saturated carbocycles. The van der Waals surface area contributed by atoms with Crippen LogP contribution in [0.25, 0.3) is 6.08 Å². The average molecular weight is 342 g/mol. The second kappa shape index (κ2) is 8.30. The van der Waals surface area contributed by atoms with E-state index in [-0.39, 0.29) is 11.8 Å². The summed E-state index contributed by atoms with van der Waals surface area (Å²) in [6.07, 6.45) is 7.66. The van der Waals surface area contributed by atoms with Gasteiger partial charge < -0.3 is 10.0 Å². The number of benzene rings is 1. The maximum atomic E-state index is 12.6. The van der Waals surface area contributed by atoms with Crippen molar-refractivity contribution in [3.63, 3.8) is 0 Å². The third kappa shape index (κ3) is 4.69. The summed E-state index contributed by atoms with van der Waals surface area (Å²) < 4.78 is 0. The summed E-state index contributed by atoms with van der Waals surface area (Å²) in [6, 6.07) is 10.5.